The summed E-state index contributed by atoms with van der Waals surface area (Å²) >= 11 is 5.10. The molecule has 0 aliphatic heterocycles. The first-order valence-corrected chi connectivity index (χ1v) is 6.84. The molecule has 0 amide bonds. The van der Waals surface area contributed by atoms with Crippen LogP contribution in [0.1, 0.15) is 30.9 Å². The summed E-state index contributed by atoms with van der Waals surface area (Å²) in [7, 11) is 0. The summed E-state index contributed by atoms with van der Waals surface area (Å²) in [5.74, 6) is 1.68. The van der Waals surface area contributed by atoms with Gasteiger partial charge in [0.15, 0.2) is 3.92 Å². The smallest absolute Gasteiger partial charge is 0.159 e. The van der Waals surface area contributed by atoms with Gasteiger partial charge >= 0.3 is 0 Å². The molecule has 0 saturated heterocycles. The predicted molar refractivity (Wildman–Crippen MR) is 61.7 cm³/mol. The van der Waals surface area contributed by atoms with Crippen molar-refractivity contribution in [2.24, 2.45) is 5.92 Å². The third-order valence-electron chi connectivity index (χ3n) is 3.03. The number of rotatable bonds is 4. The van der Waals surface area contributed by atoms with Crippen molar-refractivity contribution in [1.82, 2.24) is 10.3 Å². The van der Waals surface area contributed by atoms with Crippen molar-refractivity contribution in [2.45, 2.75) is 31.2 Å². The van der Waals surface area contributed by atoms with E-state index in [1.54, 1.807) is 11.3 Å². The van der Waals surface area contributed by atoms with Gasteiger partial charge in [0.25, 0.3) is 0 Å². The van der Waals surface area contributed by atoms with E-state index >= 15 is 0 Å². The monoisotopic (exact) mass is 272 g/mol. The highest BCUT2D eigenvalue weighted by Gasteiger charge is 2.40. The highest BCUT2D eigenvalue weighted by Crippen LogP contribution is 2.42. The van der Waals surface area contributed by atoms with E-state index < -0.39 is 0 Å². The molecule has 2 nitrogen and oxygen atoms in total. The zero-order chi connectivity index (χ0) is 9.54. The number of aromatic nitrogens is 1. The Bertz CT molecular complexity index is 335. The molecule has 2 fully saturated rings. The average Bonchev–Trinajstić information content (AvgIpc) is 3.06. The summed E-state index contributed by atoms with van der Waals surface area (Å²) in [6.07, 6.45) is 4.15. The maximum absolute atomic E-state index is 4.46. The molecule has 14 heavy (non-hydrogen) atoms. The van der Waals surface area contributed by atoms with Gasteiger partial charge in [-0.1, -0.05) is 0 Å². The third-order valence-corrected chi connectivity index (χ3v) is 4.41. The Morgan fingerprint density at radius 3 is 3.07 bits per heavy atom. The zero-order valence-electron chi connectivity index (χ0n) is 7.87. The van der Waals surface area contributed by atoms with Gasteiger partial charge < -0.3 is 5.32 Å². The van der Waals surface area contributed by atoms with E-state index in [2.05, 4.69) is 31.6 Å². The highest BCUT2D eigenvalue weighted by molar-refractivity contribution is 9.11. The van der Waals surface area contributed by atoms with Gasteiger partial charge in [-0.3, -0.25) is 0 Å². The largest absolute Gasteiger partial charge is 0.313 e. The fraction of sp³-hybridized carbons (Fsp3) is 0.700. The van der Waals surface area contributed by atoms with E-state index in [0.717, 1.165) is 9.83 Å². The first-order valence-electron chi connectivity index (χ1n) is 5.17. The van der Waals surface area contributed by atoms with Crippen molar-refractivity contribution in [3.63, 3.8) is 0 Å². The minimum atomic E-state index is 0.691. The van der Waals surface area contributed by atoms with Crippen LogP contribution in [-0.4, -0.2) is 17.6 Å². The van der Waals surface area contributed by atoms with Gasteiger partial charge in [-0.15, -0.1) is 11.3 Å². The van der Waals surface area contributed by atoms with E-state index in [9.17, 15) is 0 Å². The van der Waals surface area contributed by atoms with Crippen molar-refractivity contribution >= 4 is 27.3 Å². The van der Waals surface area contributed by atoms with Gasteiger partial charge in [0, 0.05) is 17.3 Å². The molecule has 0 bridgehead atoms. The molecule has 2 atom stereocenters. The molecule has 0 spiro atoms. The van der Waals surface area contributed by atoms with Gasteiger partial charge in [-0.2, -0.15) is 0 Å². The second-order valence-electron chi connectivity index (χ2n) is 4.33. The van der Waals surface area contributed by atoms with Gasteiger partial charge in [-0.05, 0) is 47.7 Å². The minimum absolute atomic E-state index is 0.691. The fourth-order valence-corrected chi connectivity index (χ4v) is 2.91. The van der Waals surface area contributed by atoms with E-state index in [1.807, 2.05) is 0 Å². The van der Waals surface area contributed by atoms with E-state index in [4.69, 9.17) is 0 Å². The molecule has 0 aromatic carbocycles. The molecule has 2 aliphatic carbocycles. The van der Waals surface area contributed by atoms with Crippen LogP contribution >= 0.6 is 27.3 Å². The summed E-state index contributed by atoms with van der Waals surface area (Å²) in [4.78, 5) is 4.46. The van der Waals surface area contributed by atoms with Crippen LogP contribution in [0.15, 0.2) is 9.30 Å². The standard InChI is InChI=1S/C10H13BrN2S/c11-10-13-9(5-14-10)7-3-8(7)12-4-6-1-2-6/h5-8,12H,1-4H2/t7-,8-/m1/s1. The number of thiazole rings is 1. The topological polar surface area (TPSA) is 24.9 Å². The molecule has 4 heteroatoms. The van der Waals surface area contributed by atoms with Crippen LogP contribution in [0.2, 0.25) is 0 Å². The third kappa shape index (κ3) is 2.02. The average molecular weight is 273 g/mol. The van der Waals surface area contributed by atoms with Crippen LogP contribution in [0, 0.1) is 5.92 Å². The second-order valence-corrected chi connectivity index (χ2v) is 6.46. The van der Waals surface area contributed by atoms with Crippen LogP contribution < -0.4 is 5.32 Å². The Hall–Kier alpha value is 0.0700. The molecule has 2 saturated carbocycles. The summed E-state index contributed by atoms with van der Waals surface area (Å²) < 4.78 is 1.01. The minimum Gasteiger partial charge on any atom is -0.313 e. The van der Waals surface area contributed by atoms with Crippen LogP contribution in [0.5, 0.6) is 0 Å². The van der Waals surface area contributed by atoms with E-state index in [0.29, 0.717) is 12.0 Å². The molecule has 1 aromatic heterocycles. The highest BCUT2D eigenvalue weighted by atomic mass is 79.9. The van der Waals surface area contributed by atoms with E-state index in [1.165, 1.54) is 31.5 Å². The Kier molecular flexibility index (Phi) is 2.38. The quantitative estimate of drug-likeness (QED) is 0.912. The zero-order valence-corrected chi connectivity index (χ0v) is 10.3. The van der Waals surface area contributed by atoms with Gasteiger partial charge in [0.1, 0.15) is 0 Å². The summed E-state index contributed by atoms with van der Waals surface area (Å²) in [6, 6.07) is 0.713. The number of hydrogen-bond acceptors (Lipinski definition) is 3. The molecule has 1 heterocycles. The van der Waals surface area contributed by atoms with Crippen molar-refractivity contribution in [3.8, 4) is 0 Å². The normalized spacial score (nSPS) is 30.6. The van der Waals surface area contributed by atoms with Crippen LogP contribution in [0.25, 0.3) is 0 Å². The Balaban J connectivity index is 1.51. The van der Waals surface area contributed by atoms with E-state index in [-0.39, 0.29) is 0 Å². The molecule has 1 N–H and O–H groups in total. The predicted octanol–water partition coefficient (Wildman–Crippen LogP) is 2.76. The molecule has 3 rings (SSSR count). The number of halogens is 1. The van der Waals surface area contributed by atoms with Gasteiger partial charge in [0.05, 0.1) is 5.69 Å². The van der Waals surface area contributed by atoms with Crippen LogP contribution in [-0.2, 0) is 0 Å². The lowest BCUT2D eigenvalue weighted by atomic mass is 10.3. The lowest BCUT2D eigenvalue weighted by Gasteiger charge is -2.00. The van der Waals surface area contributed by atoms with Crippen molar-refractivity contribution in [2.75, 3.05) is 6.54 Å². The number of nitrogens with one attached hydrogen (secondary N) is 1. The second kappa shape index (κ2) is 3.58. The first-order chi connectivity index (χ1) is 6.83. The molecule has 76 valence electrons. The molecule has 2 aliphatic rings. The van der Waals surface area contributed by atoms with Crippen molar-refractivity contribution < 1.29 is 0 Å². The maximum Gasteiger partial charge on any atom is 0.159 e. The number of nitrogens with zero attached hydrogens (tertiary/aromatic N) is 1. The lowest BCUT2D eigenvalue weighted by Crippen LogP contribution is -2.20. The Labute approximate surface area is 96.3 Å². The van der Waals surface area contributed by atoms with Crippen molar-refractivity contribution in [3.05, 3.63) is 15.0 Å². The summed E-state index contributed by atoms with van der Waals surface area (Å²) in [5.41, 5.74) is 1.27. The lowest BCUT2D eigenvalue weighted by molar-refractivity contribution is 0.623. The Morgan fingerprint density at radius 2 is 2.43 bits per heavy atom. The fourth-order valence-electron chi connectivity index (χ4n) is 1.82. The van der Waals surface area contributed by atoms with Crippen LogP contribution in [0.4, 0.5) is 0 Å². The molecular weight excluding hydrogens is 260 g/mol. The van der Waals surface area contributed by atoms with Crippen molar-refractivity contribution in [1.29, 1.82) is 0 Å². The summed E-state index contributed by atoms with van der Waals surface area (Å²) in [6.45, 7) is 1.23. The van der Waals surface area contributed by atoms with Gasteiger partial charge in [-0.25, -0.2) is 4.98 Å². The summed E-state index contributed by atoms with van der Waals surface area (Å²) in [5, 5.41) is 5.80. The Morgan fingerprint density at radius 1 is 1.57 bits per heavy atom. The maximum atomic E-state index is 4.46. The molecular formula is C10H13BrN2S. The van der Waals surface area contributed by atoms with Gasteiger partial charge in [0.2, 0.25) is 0 Å². The molecule has 0 unspecified atom stereocenters. The van der Waals surface area contributed by atoms with Crippen LogP contribution in [0.3, 0.4) is 0 Å². The number of hydrogen-bond donors (Lipinski definition) is 1. The first kappa shape index (κ1) is 9.31. The molecule has 1 aromatic rings. The SMILES string of the molecule is Brc1nc([C@@H]2C[C@H]2NCC2CC2)cs1. The molecule has 0 radical (unpaired) electrons.